The Labute approximate surface area is 248 Å². The standard InChI is InChI=1S/C31H36F2N6O4/c1-38-8-10-39(11-9-38)24-4-6-26(29(15-24)34-23(18-41-2)19-42-3)31(40)35-30-27-16-25(5-7-28(27)36-37-30)43-17-20-12-21(32)14-22(33)13-20/h4-7,12-16,23,34H,8-11,17-19H2,1-3H3,(H2,35,36,37,40). The van der Waals surface area contributed by atoms with Crippen LogP contribution in [-0.4, -0.2) is 87.7 Å². The van der Waals surface area contributed by atoms with Gasteiger partial charge >= 0.3 is 0 Å². The molecule has 0 saturated carbocycles. The molecule has 10 nitrogen and oxygen atoms in total. The number of ether oxygens (including phenoxy) is 3. The number of fused-ring (bicyclic) bond motifs is 1. The van der Waals surface area contributed by atoms with Gasteiger partial charge < -0.3 is 34.6 Å². The Morgan fingerprint density at radius 1 is 0.977 bits per heavy atom. The lowest BCUT2D eigenvalue weighted by atomic mass is 10.1. The molecule has 0 unspecified atom stereocenters. The molecule has 12 heteroatoms. The SMILES string of the molecule is COCC(COC)Nc1cc(N2CCN(C)CC2)ccc1C(=O)Nc1n[nH]c2ccc(OCc3cc(F)cc(F)c3)cc12. The summed E-state index contributed by atoms with van der Waals surface area (Å²) in [5, 5.41) is 14.2. The average Bonchev–Trinajstić information content (AvgIpc) is 3.38. The van der Waals surface area contributed by atoms with Gasteiger partial charge in [0.1, 0.15) is 24.0 Å². The molecular formula is C31H36F2N6O4. The Balaban J connectivity index is 1.37. The van der Waals surface area contributed by atoms with Crippen LogP contribution in [-0.2, 0) is 16.1 Å². The van der Waals surface area contributed by atoms with Crippen molar-refractivity contribution < 1.29 is 27.8 Å². The molecule has 1 aliphatic heterocycles. The molecule has 3 aromatic carbocycles. The average molecular weight is 595 g/mol. The number of nitrogens with zero attached hydrogens (tertiary/aromatic N) is 3. The van der Waals surface area contributed by atoms with Gasteiger partial charge in [-0.25, -0.2) is 8.78 Å². The number of H-pyrrole nitrogens is 1. The van der Waals surface area contributed by atoms with Gasteiger partial charge in [0.15, 0.2) is 5.82 Å². The van der Waals surface area contributed by atoms with Crippen molar-refractivity contribution in [2.75, 3.05) is 76.2 Å². The predicted molar refractivity (Wildman–Crippen MR) is 162 cm³/mol. The molecule has 5 rings (SSSR count). The number of aromatic nitrogens is 2. The van der Waals surface area contributed by atoms with E-state index < -0.39 is 11.6 Å². The van der Waals surface area contributed by atoms with E-state index in [0.717, 1.165) is 37.9 Å². The van der Waals surface area contributed by atoms with Crippen molar-refractivity contribution in [1.29, 1.82) is 0 Å². The van der Waals surface area contributed by atoms with E-state index in [-0.39, 0.29) is 18.6 Å². The van der Waals surface area contributed by atoms with Gasteiger partial charge in [-0.3, -0.25) is 9.89 Å². The Morgan fingerprint density at radius 3 is 2.40 bits per heavy atom. The lowest BCUT2D eigenvalue weighted by Gasteiger charge is -2.34. The summed E-state index contributed by atoms with van der Waals surface area (Å²) in [5.74, 6) is -0.919. The minimum absolute atomic E-state index is 0.0292. The molecule has 1 aliphatic rings. The molecule has 4 aromatic rings. The smallest absolute Gasteiger partial charge is 0.258 e. The predicted octanol–water partition coefficient (Wildman–Crippen LogP) is 4.50. The quantitative estimate of drug-likeness (QED) is 0.220. The fourth-order valence-corrected chi connectivity index (χ4v) is 5.08. The molecule has 1 saturated heterocycles. The van der Waals surface area contributed by atoms with Crippen molar-refractivity contribution in [3.63, 3.8) is 0 Å². The molecule has 0 radical (unpaired) electrons. The van der Waals surface area contributed by atoms with Crippen LogP contribution < -0.4 is 20.3 Å². The summed E-state index contributed by atoms with van der Waals surface area (Å²) in [6.45, 7) is 4.44. The van der Waals surface area contributed by atoms with E-state index in [9.17, 15) is 13.6 Å². The summed E-state index contributed by atoms with van der Waals surface area (Å²) in [5.41, 5.74) is 3.15. The molecule has 228 valence electrons. The number of methoxy groups -OCH3 is 2. The molecular weight excluding hydrogens is 558 g/mol. The Hall–Kier alpha value is -4.26. The number of carbonyl (C=O) groups excluding carboxylic acids is 1. The summed E-state index contributed by atoms with van der Waals surface area (Å²) in [6, 6.07) is 14.0. The number of halogens is 2. The van der Waals surface area contributed by atoms with Gasteiger partial charge in [0, 0.05) is 63.2 Å². The highest BCUT2D eigenvalue weighted by atomic mass is 19.1. The molecule has 0 spiro atoms. The Morgan fingerprint density at radius 2 is 1.70 bits per heavy atom. The molecule has 1 fully saturated rings. The van der Waals surface area contributed by atoms with Crippen LogP contribution in [0.2, 0.25) is 0 Å². The lowest BCUT2D eigenvalue weighted by molar-refractivity contribution is 0.102. The van der Waals surface area contributed by atoms with Crippen LogP contribution in [0.1, 0.15) is 15.9 Å². The number of likely N-dealkylation sites (N-methyl/N-ethyl adjacent to an activating group) is 1. The first kappa shape index (κ1) is 30.2. The Kier molecular flexibility index (Phi) is 9.70. The van der Waals surface area contributed by atoms with Crippen molar-refractivity contribution >= 4 is 34.0 Å². The van der Waals surface area contributed by atoms with Crippen LogP contribution in [0, 0.1) is 11.6 Å². The highest BCUT2D eigenvalue weighted by molar-refractivity contribution is 6.11. The molecule has 3 N–H and O–H groups in total. The third kappa shape index (κ3) is 7.58. The number of hydrogen-bond donors (Lipinski definition) is 3. The van der Waals surface area contributed by atoms with E-state index in [4.69, 9.17) is 14.2 Å². The first-order chi connectivity index (χ1) is 20.8. The van der Waals surface area contributed by atoms with Crippen LogP contribution in [0.4, 0.5) is 26.0 Å². The topological polar surface area (TPSA) is 104 Å². The van der Waals surface area contributed by atoms with E-state index in [0.29, 0.717) is 52.5 Å². The first-order valence-corrected chi connectivity index (χ1v) is 14.0. The molecule has 0 aliphatic carbocycles. The minimum atomic E-state index is -0.671. The van der Waals surface area contributed by atoms with Gasteiger partial charge in [0.25, 0.3) is 5.91 Å². The monoisotopic (exact) mass is 594 g/mol. The molecule has 1 amide bonds. The molecule has 0 bridgehead atoms. The van der Waals surface area contributed by atoms with E-state index >= 15 is 0 Å². The second-order valence-electron chi connectivity index (χ2n) is 10.6. The maximum Gasteiger partial charge on any atom is 0.258 e. The zero-order valence-electron chi connectivity index (χ0n) is 24.5. The number of aromatic amines is 1. The van der Waals surface area contributed by atoms with E-state index in [1.807, 2.05) is 18.2 Å². The van der Waals surface area contributed by atoms with Gasteiger partial charge in [-0.05, 0) is 61.1 Å². The summed E-state index contributed by atoms with van der Waals surface area (Å²) in [7, 11) is 5.35. The number of carbonyl (C=O) groups is 1. The van der Waals surface area contributed by atoms with Crippen molar-refractivity contribution in [1.82, 2.24) is 15.1 Å². The molecule has 43 heavy (non-hydrogen) atoms. The van der Waals surface area contributed by atoms with Gasteiger partial charge in [-0.15, -0.1) is 0 Å². The van der Waals surface area contributed by atoms with Gasteiger partial charge in [0.05, 0.1) is 30.3 Å². The van der Waals surface area contributed by atoms with E-state index in [1.165, 1.54) is 12.1 Å². The second-order valence-corrected chi connectivity index (χ2v) is 10.6. The summed E-state index contributed by atoms with van der Waals surface area (Å²) < 4.78 is 43.7. The van der Waals surface area contributed by atoms with Crippen molar-refractivity contribution in [3.05, 3.63) is 77.4 Å². The number of benzene rings is 3. The summed E-state index contributed by atoms with van der Waals surface area (Å²) in [4.78, 5) is 18.3. The molecule has 2 heterocycles. The van der Waals surface area contributed by atoms with Crippen LogP contribution in [0.5, 0.6) is 5.75 Å². The maximum absolute atomic E-state index is 13.7. The van der Waals surface area contributed by atoms with Crippen molar-refractivity contribution in [3.8, 4) is 5.75 Å². The highest BCUT2D eigenvalue weighted by Crippen LogP contribution is 2.29. The lowest BCUT2D eigenvalue weighted by Crippen LogP contribution is -2.44. The third-order valence-electron chi connectivity index (χ3n) is 7.31. The van der Waals surface area contributed by atoms with Gasteiger partial charge in [0.2, 0.25) is 0 Å². The second kappa shape index (κ2) is 13.8. The zero-order chi connectivity index (χ0) is 30.3. The number of piperazine rings is 1. The number of amides is 1. The Bertz CT molecular complexity index is 1530. The van der Waals surface area contributed by atoms with Crippen LogP contribution >= 0.6 is 0 Å². The number of rotatable bonds is 12. The van der Waals surface area contributed by atoms with Crippen LogP contribution in [0.25, 0.3) is 10.9 Å². The largest absolute Gasteiger partial charge is 0.489 e. The highest BCUT2D eigenvalue weighted by Gasteiger charge is 2.21. The zero-order valence-corrected chi connectivity index (χ0v) is 24.5. The summed E-state index contributed by atoms with van der Waals surface area (Å²) >= 11 is 0. The third-order valence-corrected chi connectivity index (χ3v) is 7.31. The fourth-order valence-electron chi connectivity index (χ4n) is 5.08. The molecule has 0 atom stereocenters. The van der Waals surface area contributed by atoms with Gasteiger partial charge in [-0.1, -0.05) is 0 Å². The van der Waals surface area contributed by atoms with Crippen LogP contribution in [0.15, 0.2) is 54.6 Å². The maximum atomic E-state index is 13.7. The van der Waals surface area contributed by atoms with E-state index in [2.05, 4.69) is 37.7 Å². The number of nitrogens with one attached hydrogen (secondary N) is 3. The summed E-state index contributed by atoms with van der Waals surface area (Å²) in [6.07, 6.45) is 0. The van der Waals surface area contributed by atoms with E-state index in [1.54, 1.807) is 32.4 Å². The minimum Gasteiger partial charge on any atom is -0.489 e. The number of anilines is 3. The van der Waals surface area contributed by atoms with Crippen molar-refractivity contribution in [2.24, 2.45) is 0 Å². The normalized spacial score (nSPS) is 14.0. The molecule has 1 aromatic heterocycles. The fraction of sp³-hybridized carbons (Fsp3) is 0.355. The van der Waals surface area contributed by atoms with Crippen LogP contribution in [0.3, 0.4) is 0 Å². The van der Waals surface area contributed by atoms with Gasteiger partial charge in [-0.2, -0.15) is 5.10 Å². The first-order valence-electron chi connectivity index (χ1n) is 14.0. The number of hydrogen-bond acceptors (Lipinski definition) is 8. The van der Waals surface area contributed by atoms with Crippen molar-refractivity contribution in [2.45, 2.75) is 12.6 Å².